The predicted molar refractivity (Wildman–Crippen MR) is 102 cm³/mol. The average molecular weight is 348 g/mol. The summed E-state index contributed by atoms with van der Waals surface area (Å²) in [5.74, 6) is 0.107. The molecule has 1 aliphatic carbocycles. The van der Waals surface area contributed by atoms with Crippen LogP contribution in [0.4, 0.5) is 0 Å². The summed E-state index contributed by atoms with van der Waals surface area (Å²) in [6, 6.07) is 20.6. The number of carbonyl (C=O) groups is 1. The molecule has 1 heterocycles. The lowest BCUT2D eigenvalue weighted by Crippen LogP contribution is -2.32. The van der Waals surface area contributed by atoms with Crippen LogP contribution in [0, 0.1) is 6.92 Å². The Morgan fingerprint density at radius 2 is 1.72 bits per heavy atom. The highest BCUT2D eigenvalue weighted by molar-refractivity contribution is 7.14. The van der Waals surface area contributed by atoms with Crippen molar-refractivity contribution >= 4 is 17.2 Å². The lowest BCUT2D eigenvalue weighted by Gasteiger charge is -2.22. The van der Waals surface area contributed by atoms with Crippen molar-refractivity contribution in [3.05, 3.63) is 76.1 Å². The van der Waals surface area contributed by atoms with Gasteiger partial charge >= 0.3 is 0 Å². The van der Waals surface area contributed by atoms with Crippen molar-refractivity contribution in [2.75, 3.05) is 0 Å². The molecule has 3 aromatic rings. The van der Waals surface area contributed by atoms with Crippen LogP contribution in [0.5, 0.6) is 0 Å². The lowest BCUT2D eigenvalue weighted by atomic mass is 10.1. The molecule has 3 nitrogen and oxygen atoms in total. The van der Waals surface area contributed by atoms with Crippen molar-refractivity contribution in [3.8, 4) is 11.3 Å². The lowest BCUT2D eigenvalue weighted by molar-refractivity contribution is 0.0735. The minimum absolute atomic E-state index is 0.107. The smallest absolute Gasteiger partial charge is 0.266 e. The maximum atomic E-state index is 13.3. The first-order valence-corrected chi connectivity index (χ1v) is 9.42. The van der Waals surface area contributed by atoms with Gasteiger partial charge in [0.1, 0.15) is 4.88 Å². The van der Waals surface area contributed by atoms with E-state index in [2.05, 4.69) is 17.1 Å². The number of benzene rings is 2. The molecule has 0 unspecified atom stereocenters. The Hall–Kier alpha value is -2.46. The molecule has 4 heteroatoms. The molecule has 4 rings (SSSR count). The first kappa shape index (κ1) is 16.0. The second-order valence-corrected chi connectivity index (χ2v) is 7.63. The molecular weight excluding hydrogens is 328 g/mol. The first-order valence-electron chi connectivity index (χ1n) is 8.60. The fourth-order valence-electron chi connectivity index (χ4n) is 3.03. The summed E-state index contributed by atoms with van der Waals surface area (Å²) < 4.78 is 0. The van der Waals surface area contributed by atoms with Gasteiger partial charge in [-0.2, -0.15) is 0 Å². The number of nitrogens with zero attached hydrogens (tertiary/aromatic N) is 2. The molecule has 0 aliphatic heterocycles. The summed E-state index contributed by atoms with van der Waals surface area (Å²) in [5, 5.41) is 0.928. The van der Waals surface area contributed by atoms with E-state index in [-0.39, 0.29) is 5.91 Å². The highest BCUT2D eigenvalue weighted by Crippen LogP contribution is 2.34. The Morgan fingerprint density at radius 1 is 1.08 bits per heavy atom. The van der Waals surface area contributed by atoms with Crippen LogP contribution in [0.2, 0.25) is 0 Å². The molecule has 126 valence electrons. The number of aromatic nitrogens is 1. The van der Waals surface area contributed by atoms with Gasteiger partial charge in [0, 0.05) is 18.2 Å². The van der Waals surface area contributed by atoms with Gasteiger partial charge in [0.2, 0.25) is 0 Å². The number of aryl methyl sites for hydroxylation is 1. The zero-order valence-corrected chi connectivity index (χ0v) is 15.0. The van der Waals surface area contributed by atoms with Crippen LogP contribution >= 0.6 is 11.3 Å². The molecule has 0 atom stereocenters. The average Bonchev–Trinajstić information content (AvgIpc) is 3.42. The van der Waals surface area contributed by atoms with Gasteiger partial charge in [0.15, 0.2) is 0 Å². The second-order valence-electron chi connectivity index (χ2n) is 6.43. The van der Waals surface area contributed by atoms with Crippen LogP contribution in [0.25, 0.3) is 11.3 Å². The minimum atomic E-state index is 0.107. The van der Waals surface area contributed by atoms with Gasteiger partial charge in [-0.15, -0.1) is 11.3 Å². The van der Waals surface area contributed by atoms with E-state index in [1.165, 1.54) is 16.9 Å². The maximum Gasteiger partial charge on any atom is 0.266 e. The van der Waals surface area contributed by atoms with E-state index in [0.717, 1.165) is 34.0 Å². The largest absolute Gasteiger partial charge is 0.331 e. The minimum Gasteiger partial charge on any atom is -0.331 e. The van der Waals surface area contributed by atoms with E-state index in [1.807, 2.05) is 60.4 Å². The predicted octanol–water partition coefficient (Wildman–Crippen LogP) is 4.92. The van der Waals surface area contributed by atoms with Crippen LogP contribution in [-0.4, -0.2) is 21.8 Å². The van der Waals surface area contributed by atoms with Crippen molar-refractivity contribution < 1.29 is 4.79 Å². The maximum absolute atomic E-state index is 13.3. The zero-order valence-electron chi connectivity index (χ0n) is 14.2. The Labute approximate surface area is 152 Å². The summed E-state index contributed by atoms with van der Waals surface area (Å²) in [7, 11) is 0. The van der Waals surface area contributed by atoms with E-state index in [4.69, 9.17) is 0 Å². The van der Waals surface area contributed by atoms with Gasteiger partial charge in [-0.1, -0.05) is 60.7 Å². The normalized spacial score (nSPS) is 13.6. The van der Waals surface area contributed by atoms with Crippen LogP contribution in [0.3, 0.4) is 0 Å². The summed E-state index contributed by atoms with van der Waals surface area (Å²) in [4.78, 5) is 20.8. The second kappa shape index (κ2) is 6.81. The van der Waals surface area contributed by atoms with Crippen molar-refractivity contribution in [1.82, 2.24) is 9.88 Å². The molecule has 0 N–H and O–H groups in total. The van der Waals surface area contributed by atoms with Crippen molar-refractivity contribution in [1.29, 1.82) is 0 Å². The topological polar surface area (TPSA) is 33.2 Å². The van der Waals surface area contributed by atoms with E-state index < -0.39 is 0 Å². The van der Waals surface area contributed by atoms with Gasteiger partial charge in [-0.05, 0) is 25.3 Å². The zero-order chi connectivity index (χ0) is 17.2. The summed E-state index contributed by atoms with van der Waals surface area (Å²) >= 11 is 1.50. The Bertz CT molecular complexity index is 869. The van der Waals surface area contributed by atoms with Crippen LogP contribution in [-0.2, 0) is 6.54 Å². The molecule has 25 heavy (non-hydrogen) atoms. The molecule has 0 spiro atoms. The molecule has 1 saturated carbocycles. The molecule has 1 aromatic heterocycles. The van der Waals surface area contributed by atoms with Crippen molar-refractivity contribution in [2.45, 2.75) is 32.4 Å². The third kappa shape index (κ3) is 3.49. The third-order valence-electron chi connectivity index (χ3n) is 4.42. The molecule has 0 bridgehead atoms. The summed E-state index contributed by atoms with van der Waals surface area (Å²) in [5.41, 5.74) is 2.99. The van der Waals surface area contributed by atoms with E-state index in [1.54, 1.807) is 0 Å². The first-order chi connectivity index (χ1) is 12.2. The Kier molecular flexibility index (Phi) is 4.36. The number of thiazole rings is 1. The number of amides is 1. The van der Waals surface area contributed by atoms with E-state index in [9.17, 15) is 4.79 Å². The number of hydrogen-bond donors (Lipinski definition) is 0. The standard InChI is InChI=1S/C21H20N2OS/c1-15-22-19(17-10-6-3-7-11-17)20(25-15)21(24)23(18-12-13-18)14-16-8-4-2-5-9-16/h2-11,18H,12-14H2,1H3. The van der Waals surface area contributed by atoms with E-state index >= 15 is 0 Å². The van der Waals surface area contributed by atoms with Gasteiger partial charge in [-0.3, -0.25) is 4.79 Å². The molecule has 1 amide bonds. The van der Waals surface area contributed by atoms with Gasteiger partial charge in [0.05, 0.1) is 10.7 Å². The number of hydrogen-bond acceptors (Lipinski definition) is 3. The highest BCUT2D eigenvalue weighted by Gasteiger charge is 2.35. The van der Waals surface area contributed by atoms with Crippen LogP contribution < -0.4 is 0 Å². The number of carbonyl (C=O) groups excluding carboxylic acids is 1. The molecule has 2 aromatic carbocycles. The SMILES string of the molecule is Cc1nc(-c2ccccc2)c(C(=O)N(Cc2ccccc2)C2CC2)s1. The molecular formula is C21H20N2OS. The summed E-state index contributed by atoms with van der Waals surface area (Å²) in [6.07, 6.45) is 2.19. The Morgan fingerprint density at radius 3 is 2.36 bits per heavy atom. The van der Waals surface area contributed by atoms with Crippen LogP contribution in [0.15, 0.2) is 60.7 Å². The fraction of sp³-hybridized carbons (Fsp3) is 0.238. The molecule has 0 saturated heterocycles. The fourth-order valence-corrected chi connectivity index (χ4v) is 3.92. The summed E-state index contributed by atoms with van der Waals surface area (Å²) in [6.45, 7) is 2.63. The number of rotatable bonds is 5. The third-order valence-corrected chi connectivity index (χ3v) is 5.38. The molecule has 0 radical (unpaired) electrons. The van der Waals surface area contributed by atoms with Gasteiger partial charge in [0.25, 0.3) is 5.91 Å². The van der Waals surface area contributed by atoms with Crippen molar-refractivity contribution in [3.63, 3.8) is 0 Å². The molecule has 1 aliphatic rings. The highest BCUT2D eigenvalue weighted by atomic mass is 32.1. The monoisotopic (exact) mass is 348 g/mol. The van der Waals surface area contributed by atoms with Crippen molar-refractivity contribution in [2.24, 2.45) is 0 Å². The van der Waals surface area contributed by atoms with E-state index in [0.29, 0.717) is 12.6 Å². The quantitative estimate of drug-likeness (QED) is 0.655. The molecule has 1 fully saturated rings. The van der Waals surface area contributed by atoms with Gasteiger partial charge < -0.3 is 4.90 Å². The Balaban J connectivity index is 1.67. The van der Waals surface area contributed by atoms with Crippen LogP contribution in [0.1, 0.15) is 33.1 Å². The van der Waals surface area contributed by atoms with Gasteiger partial charge in [-0.25, -0.2) is 4.98 Å².